The average molecular weight is 284 g/mol. The zero-order chi connectivity index (χ0) is 15.4. The minimum Gasteiger partial charge on any atom is -0.465 e. The Morgan fingerprint density at radius 1 is 1.14 bits per heavy atom. The van der Waals surface area contributed by atoms with Gasteiger partial charge >= 0.3 is 5.97 Å². The molecule has 0 fully saturated rings. The van der Waals surface area contributed by atoms with E-state index in [9.17, 15) is 9.59 Å². The lowest BCUT2D eigenvalue weighted by Gasteiger charge is -2.09. The number of esters is 1. The van der Waals surface area contributed by atoms with Crippen LogP contribution in [0.2, 0.25) is 0 Å². The highest BCUT2D eigenvalue weighted by atomic mass is 16.5. The number of hydrogen-bond acceptors (Lipinski definition) is 4. The normalized spacial score (nSPS) is 10.0. The van der Waals surface area contributed by atoms with Gasteiger partial charge in [0.2, 0.25) is 0 Å². The van der Waals surface area contributed by atoms with Crippen molar-refractivity contribution >= 4 is 23.3 Å². The fraction of sp³-hybridized carbons (Fsp3) is 0.125. The molecule has 2 rings (SSSR count). The van der Waals surface area contributed by atoms with Crippen molar-refractivity contribution in [1.82, 2.24) is 0 Å². The van der Waals surface area contributed by atoms with Crippen LogP contribution in [-0.4, -0.2) is 19.0 Å². The first-order valence-electron chi connectivity index (χ1n) is 6.37. The fourth-order valence-corrected chi connectivity index (χ4v) is 1.92. The van der Waals surface area contributed by atoms with Crippen LogP contribution >= 0.6 is 0 Å². The van der Waals surface area contributed by atoms with E-state index in [1.54, 1.807) is 42.5 Å². The van der Waals surface area contributed by atoms with Gasteiger partial charge in [0.25, 0.3) is 5.91 Å². The summed E-state index contributed by atoms with van der Waals surface area (Å²) < 4.78 is 4.65. The highest BCUT2D eigenvalue weighted by Crippen LogP contribution is 2.16. The second-order valence-corrected chi connectivity index (χ2v) is 4.60. The third kappa shape index (κ3) is 3.39. The summed E-state index contributed by atoms with van der Waals surface area (Å²) in [5.41, 5.74) is 8.44. The van der Waals surface area contributed by atoms with E-state index in [2.05, 4.69) is 10.1 Å². The van der Waals surface area contributed by atoms with Crippen molar-refractivity contribution in [1.29, 1.82) is 0 Å². The first-order valence-corrected chi connectivity index (χ1v) is 6.37. The molecule has 2 aromatic carbocycles. The van der Waals surface area contributed by atoms with Crippen LogP contribution in [-0.2, 0) is 4.74 Å². The number of methoxy groups -OCH3 is 1. The summed E-state index contributed by atoms with van der Waals surface area (Å²) in [6, 6.07) is 11.7. The monoisotopic (exact) mass is 284 g/mol. The minimum absolute atomic E-state index is 0.276. The van der Waals surface area contributed by atoms with Gasteiger partial charge in [0.1, 0.15) is 0 Å². The Kier molecular flexibility index (Phi) is 4.23. The molecule has 0 saturated carbocycles. The van der Waals surface area contributed by atoms with Crippen LogP contribution in [0.3, 0.4) is 0 Å². The first-order chi connectivity index (χ1) is 10.0. The zero-order valence-corrected chi connectivity index (χ0v) is 11.8. The van der Waals surface area contributed by atoms with E-state index < -0.39 is 5.97 Å². The molecular weight excluding hydrogens is 268 g/mol. The molecule has 1 amide bonds. The molecule has 0 aliphatic heterocycles. The Hall–Kier alpha value is -2.82. The highest BCUT2D eigenvalue weighted by Gasteiger charge is 2.11. The Morgan fingerprint density at radius 2 is 1.90 bits per heavy atom. The molecule has 3 N–H and O–H groups in total. The van der Waals surface area contributed by atoms with Crippen LogP contribution in [0.15, 0.2) is 42.5 Å². The van der Waals surface area contributed by atoms with E-state index in [4.69, 9.17) is 5.73 Å². The lowest BCUT2D eigenvalue weighted by Crippen LogP contribution is -2.14. The number of anilines is 2. The Bertz CT molecular complexity index is 696. The molecule has 0 spiro atoms. The Morgan fingerprint density at radius 3 is 2.62 bits per heavy atom. The van der Waals surface area contributed by atoms with E-state index in [-0.39, 0.29) is 5.91 Å². The van der Waals surface area contributed by atoms with Gasteiger partial charge in [-0.3, -0.25) is 4.79 Å². The molecule has 2 aromatic rings. The van der Waals surface area contributed by atoms with Crippen LogP contribution in [0.4, 0.5) is 11.4 Å². The van der Waals surface area contributed by atoms with Crippen molar-refractivity contribution in [3.63, 3.8) is 0 Å². The summed E-state index contributed by atoms with van der Waals surface area (Å²) in [6.45, 7) is 1.83. The predicted octanol–water partition coefficient (Wildman–Crippen LogP) is 2.62. The first kappa shape index (κ1) is 14.6. The number of carbonyl (C=O) groups excluding carboxylic acids is 2. The van der Waals surface area contributed by atoms with Crippen molar-refractivity contribution < 1.29 is 14.3 Å². The van der Waals surface area contributed by atoms with Crippen molar-refractivity contribution in [2.75, 3.05) is 18.2 Å². The average Bonchev–Trinajstić information content (AvgIpc) is 2.49. The minimum atomic E-state index is -0.453. The number of aryl methyl sites for hydroxylation is 1. The smallest absolute Gasteiger partial charge is 0.337 e. The number of ether oxygens (including phenoxy) is 1. The summed E-state index contributed by atoms with van der Waals surface area (Å²) in [6.07, 6.45) is 0. The van der Waals surface area contributed by atoms with Crippen LogP contribution in [0.1, 0.15) is 26.3 Å². The van der Waals surface area contributed by atoms with E-state index >= 15 is 0 Å². The maximum absolute atomic E-state index is 12.3. The maximum atomic E-state index is 12.3. The molecule has 5 nitrogen and oxygen atoms in total. The summed E-state index contributed by atoms with van der Waals surface area (Å²) >= 11 is 0. The number of carbonyl (C=O) groups is 2. The van der Waals surface area contributed by atoms with Crippen LogP contribution in [0.25, 0.3) is 0 Å². The summed E-state index contributed by atoms with van der Waals surface area (Å²) in [7, 11) is 1.31. The molecule has 0 aliphatic carbocycles. The van der Waals surface area contributed by atoms with Crippen molar-refractivity contribution in [3.8, 4) is 0 Å². The predicted molar refractivity (Wildman–Crippen MR) is 81.3 cm³/mol. The van der Waals surface area contributed by atoms with Gasteiger partial charge in [-0.15, -0.1) is 0 Å². The van der Waals surface area contributed by atoms with Gasteiger partial charge in [-0.25, -0.2) is 4.79 Å². The van der Waals surface area contributed by atoms with Gasteiger partial charge in [-0.2, -0.15) is 0 Å². The van der Waals surface area contributed by atoms with Crippen molar-refractivity contribution in [2.24, 2.45) is 0 Å². The van der Waals surface area contributed by atoms with Crippen LogP contribution in [0.5, 0.6) is 0 Å². The molecule has 0 unspecified atom stereocenters. The molecule has 108 valence electrons. The standard InChI is InChI=1S/C16H16N2O3/c1-10-6-7-12(17)9-14(10)15(19)18-13-5-3-4-11(8-13)16(20)21-2/h3-9H,17H2,1-2H3,(H,18,19). The number of hydrogen-bond donors (Lipinski definition) is 2. The van der Waals surface area contributed by atoms with E-state index in [0.717, 1.165) is 5.56 Å². The van der Waals surface area contributed by atoms with Crippen molar-refractivity contribution in [3.05, 3.63) is 59.2 Å². The second kappa shape index (κ2) is 6.09. The van der Waals surface area contributed by atoms with E-state index in [1.807, 2.05) is 6.92 Å². The number of benzene rings is 2. The Balaban J connectivity index is 2.23. The summed E-state index contributed by atoms with van der Waals surface area (Å²) in [5, 5.41) is 2.74. The topological polar surface area (TPSA) is 81.4 Å². The number of rotatable bonds is 3. The molecule has 21 heavy (non-hydrogen) atoms. The van der Waals surface area contributed by atoms with E-state index in [0.29, 0.717) is 22.5 Å². The van der Waals surface area contributed by atoms with Gasteiger partial charge in [-0.05, 0) is 42.8 Å². The molecule has 0 aliphatic rings. The highest BCUT2D eigenvalue weighted by molar-refractivity contribution is 6.06. The summed E-state index contributed by atoms with van der Waals surface area (Å²) in [5.74, 6) is -0.729. The third-order valence-electron chi connectivity index (χ3n) is 3.05. The quantitative estimate of drug-likeness (QED) is 0.670. The molecule has 0 saturated heterocycles. The lowest BCUT2D eigenvalue weighted by atomic mass is 10.1. The zero-order valence-electron chi connectivity index (χ0n) is 11.8. The lowest BCUT2D eigenvalue weighted by molar-refractivity contribution is 0.0600. The number of nitrogens with one attached hydrogen (secondary N) is 1. The third-order valence-corrected chi connectivity index (χ3v) is 3.05. The maximum Gasteiger partial charge on any atom is 0.337 e. The molecule has 5 heteroatoms. The Labute approximate surface area is 122 Å². The van der Waals surface area contributed by atoms with Gasteiger partial charge in [-0.1, -0.05) is 12.1 Å². The largest absolute Gasteiger partial charge is 0.465 e. The van der Waals surface area contributed by atoms with Gasteiger partial charge in [0.05, 0.1) is 12.7 Å². The molecule has 0 aromatic heterocycles. The number of amides is 1. The molecule has 0 bridgehead atoms. The number of nitrogen functional groups attached to an aromatic ring is 1. The second-order valence-electron chi connectivity index (χ2n) is 4.60. The summed E-state index contributed by atoms with van der Waals surface area (Å²) in [4.78, 5) is 23.7. The molecule has 0 heterocycles. The van der Waals surface area contributed by atoms with Gasteiger partial charge < -0.3 is 15.8 Å². The van der Waals surface area contributed by atoms with Gasteiger partial charge in [0, 0.05) is 16.9 Å². The SMILES string of the molecule is COC(=O)c1cccc(NC(=O)c2cc(N)ccc2C)c1. The van der Waals surface area contributed by atoms with E-state index in [1.165, 1.54) is 7.11 Å². The van der Waals surface area contributed by atoms with Gasteiger partial charge in [0.15, 0.2) is 0 Å². The molecular formula is C16H16N2O3. The van der Waals surface area contributed by atoms with Crippen LogP contribution < -0.4 is 11.1 Å². The van der Waals surface area contributed by atoms with Crippen LogP contribution in [0, 0.1) is 6.92 Å². The number of nitrogens with two attached hydrogens (primary N) is 1. The van der Waals surface area contributed by atoms with Crippen molar-refractivity contribution in [2.45, 2.75) is 6.92 Å². The fourth-order valence-electron chi connectivity index (χ4n) is 1.92. The molecule has 0 atom stereocenters. The molecule has 0 radical (unpaired) electrons.